The molecule has 0 atom stereocenters. The van der Waals surface area contributed by atoms with Gasteiger partial charge in [-0.05, 0) is 12.1 Å². The van der Waals surface area contributed by atoms with E-state index in [4.69, 9.17) is 9.57 Å². The smallest absolute Gasteiger partial charge is 0.123 e. The molecular formula is C13H17FN2O2. The highest BCUT2D eigenvalue weighted by molar-refractivity contribution is 6.01. The van der Waals surface area contributed by atoms with Crippen molar-refractivity contribution in [3.05, 3.63) is 35.6 Å². The predicted molar refractivity (Wildman–Crippen MR) is 67.2 cm³/mol. The van der Waals surface area contributed by atoms with Gasteiger partial charge in [-0.25, -0.2) is 4.39 Å². The minimum atomic E-state index is -0.248. The zero-order valence-corrected chi connectivity index (χ0v) is 10.4. The van der Waals surface area contributed by atoms with Crippen LogP contribution in [0.25, 0.3) is 0 Å². The summed E-state index contributed by atoms with van der Waals surface area (Å²) >= 11 is 0. The fraction of sp³-hybridized carbons (Fsp3) is 0.462. The molecule has 0 unspecified atom stereocenters. The third-order valence-corrected chi connectivity index (χ3v) is 2.86. The molecule has 18 heavy (non-hydrogen) atoms. The molecule has 0 radical (unpaired) electrons. The van der Waals surface area contributed by atoms with Gasteiger partial charge < -0.3 is 9.57 Å². The SMILES string of the molecule is CO/N=C(\CN1CCOCC1)c1ccc(F)cc1. The average molecular weight is 252 g/mol. The van der Waals surface area contributed by atoms with E-state index in [0.29, 0.717) is 6.54 Å². The first-order chi connectivity index (χ1) is 8.79. The summed E-state index contributed by atoms with van der Waals surface area (Å²) in [7, 11) is 1.52. The first-order valence-corrected chi connectivity index (χ1v) is 5.95. The molecular weight excluding hydrogens is 235 g/mol. The van der Waals surface area contributed by atoms with Crippen LogP contribution in [0.4, 0.5) is 4.39 Å². The molecule has 0 aliphatic carbocycles. The number of nitrogens with zero attached hydrogens (tertiary/aromatic N) is 2. The Labute approximate surface area is 106 Å². The summed E-state index contributed by atoms with van der Waals surface area (Å²) < 4.78 is 18.2. The van der Waals surface area contributed by atoms with E-state index in [1.165, 1.54) is 19.2 Å². The molecule has 0 N–H and O–H groups in total. The Morgan fingerprint density at radius 3 is 2.61 bits per heavy atom. The van der Waals surface area contributed by atoms with Crippen LogP contribution in [0.1, 0.15) is 5.56 Å². The van der Waals surface area contributed by atoms with Crippen LogP contribution in [-0.4, -0.2) is 50.6 Å². The summed E-state index contributed by atoms with van der Waals surface area (Å²) in [4.78, 5) is 7.11. The molecule has 1 heterocycles. The lowest BCUT2D eigenvalue weighted by Gasteiger charge is -2.26. The molecule has 1 aliphatic rings. The number of ether oxygens (including phenoxy) is 1. The van der Waals surface area contributed by atoms with E-state index >= 15 is 0 Å². The van der Waals surface area contributed by atoms with Crippen LogP contribution < -0.4 is 0 Å². The van der Waals surface area contributed by atoms with Crippen LogP contribution in [0.5, 0.6) is 0 Å². The molecule has 1 fully saturated rings. The molecule has 2 rings (SSSR count). The maximum atomic E-state index is 12.9. The zero-order valence-electron chi connectivity index (χ0n) is 10.4. The monoisotopic (exact) mass is 252 g/mol. The van der Waals surface area contributed by atoms with Gasteiger partial charge in [0.15, 0.2) is 0 Å². The predicted octanol–water partition coefficient (Wildman–Crippen LogP) is 1.51. The van der Waals surface area contributed by atoms with Crippen LogP contribution in [0.2, 0.25) is 0 Å². The molecule has 0 bridgehead atoms. The first-order valence-electron chi connectivity index (χ1n) is 5.95. The molecule has 0 saturated carbocycles. The van der Waals surface area contributed by atoms with E-state index < -0.39 is 0 Å². The second-order valence-electron chi connectivity index (χ2n) is 4.12. The molecule has 5 heteroatoms. The normalized spacial score (nSPS) is 17.8. The topological polar surface area (TPSA) is 34.1 Å². The van der Waals surface area contributed by atoms with Crippen molar-refractivity contribution in [2.24, 2.45) is 5.16 Å². The van der Waals surface area contributed by atoms with Crippen molar-refractivity contribution in [2.45, 2.75) is 0 Å². The van der Waals surface area contributed by atoms with E-state index in [1.54, 1.807) is 12.1 Å². The highest BCUT2D eigenvalue weighted by Crippen LogP contribution is 2.07. The Morgan fingerprint density at radius 2 is 2.00 bits per heavy atom. The third kappa shape index (κ3) is 3.51. The van der Waals surface area contributed by atoms with Crippen LogP contribution in [0, 0.1) is 5.82 Å². The highest BCUT2D eigenvalue weighted by Gasteiger charge is 2.14. The number of hydrogen-bond acceptors (Lipinski definition) is 4. The number of hydrogen-bond donors (Lipinski definition) is 0. The van der Waals surface area contributed by atoms with Gasteiger partial charge in [-0.3, -0.25) is 4.90 Å². The van der Waals surface area contributed by atoms with Gasteiger partial charge in [0.2, 0.25) is 0 Å². The lowest BCUT2D eigenvalue weighted by Crippen LogP contribution is -2.39. The van der Waals surface area contributed by atoms with Gasteiger partial charge in [0.25, 0.3) is 0 Å². The van der Waals surface area contributed by atoms with Gasteiger partial charge in [0.1, 0.15) is 18.6 Å². The Balaban J connectivity index is 2.08. The number of rotatable bonds is 4. The Hall–Kier alpha value is -1.46. The second-order valence-corrected chi connectivity index (χ2v) is 4.12. The Morgan fingerprint density at radius 1 is 1.33 bits per heavy atom. The molecule has 1 aromatic carbocycles. The minimum absolute atomic E-state index is 0.248. The summed E-state index contributed by atoms with van der Waals surface area (Å²) in [5, 5.41) is 4.03. The van der Waals surface area contributed by atoms with Crippen molar-refractivity contribution < 1.29 is 14.0 Å². The van der Waals surface area contributed by atoms with E-state index in [2.05, 4.69) is 10.1 Å². The summed E-state index contributed by atoms with van der Waals surface area (Å²) in [6.45, 7) is 3.92. The summed E-state index contributed by atoms with van der Waals surface area (Å²) in [5.41, 5.74) is 1.68. The third-order valence-electron chi connectivity index (χ3n) is 2.86. The summed E-state index contributed by atoms with van der Waals surface area (Å²) in [6.07, 6.45) is 0. The van der Waals surface area contributed by atoms with Gasteiger partial charge in [-0.1, -0.05) is 17.3 Å². The van der Waals surface area contributed by atoms with Crippen molar-refractivity contribution in [3.63, 3.8) is 0 Å². The minimum Gasteiger partial charge on any atom is -0.399 e. The molecule has 1 aromatic rings. The second kappa shape index (κ2) is 6.47. The van der Waals surface area contributed by atoms with Gasteiger partial charge in [-0.2, -0.15) is 0 Å². The van der Waals surface area contributed by atoms with Crippen molar-refractivity contribution in [2.75, 3.05) is 40.0 Å². The number of benzene rings is 1. The molecule has 1 saturated heterocycles. The van der Waals surface area contributed by atoms with E-state index in [9.17, 15) is 4.39 Å². The number of morpholine rings is 1. The maximum Gasteiger partial charge on any atom is 0.123 e. The van der Waals surface area contributed by atoms with Crippen molar-refractivity contribution in [3.8, 4) is 0 Å². The van der Waals surface area contributed by atoms with Crippen LogP contribution in [0.3, 0.4) is 0 Å². The molecule has 1 aliphatic heterocycles. The number of oxime groups is 1. The van der Waals surface area contributed by atoms with Crippen molar-refractivity contribution in [1.82, 2.24) is 4.90 Å². The van der Waals surface area contributed by atoms with Crippen LogP contribution in [0.15, 0.2) is 29.4 Å². The lowest BCUT2D eigenvalue weighted by molar-refractivity contribution is 0.0449. The fourth-order valence-corrected chi connectivity index (χ4v) is 1.90. The van der Waals surface area contributed by atoms with Gasteiger partial charge in [0.05, 0.1) is 13.2 Å². The van der Waals surface area contributed by atoms with Crippen LogP contribution >= 0.6 is 0 Å². The maximum absolute atomic E-state index is 12.9. The largest absolute Gasteiger partial charge is 0.399 e. The standard InChI is InChI=1S/C13H17FN2O2/c1-17-15-13(10-16-6-8-18-9-7-16)11-2-4-12(14)5-3-11/h2-5H,6-10H2,1H3/b15-13+. The Kier molecular flexibility index (Phi) is 4.66. The molecule has 98 valence electrons. The quantitative estimate of drug-likeness (QED) is 0.601. The first kappa shape index (κ1) is 13.0. The highest BCUT2D eigenvalue weighted by atomic mass is 19.1. The van der Waals surface area contributed by atoms with Crippen LogP contribution in [-0.2, 0) is 9.57 Å². The Bertz CT molecular complexity index is 400. The van der Waals surface area contributed by atoms with Gasteiger partial charge in [0, 0.05) is 25.2 Å². The molecule has 0 amide bonds. The van der Waals surface area contributed by atoms with Crippen molar-refractivity contribution >= 4 is 5.71 Å². The molecule has 4 nitrogen and oxygen atoms in total. The van der Waals surface area contributed by atoms with E-state index in [0.717, 1.165) is 37.6 Å². The molecule has 0 aromatic heterocycles. The van der Waals surface area contributed by atoms with E-state index in [1.807, 2.05) is 0 Å². The van der Waals surface area contributed by atoms with Gasteiger partial charge >= 0.3 is 0 Å². The molecule has 0 spiro atoms. The van der Waals surface area contributed by atoms with E-state index in [-0.39, 0.29) is 5.82 Å². The zero-order chi connectivity index (χ0) is 12.8. The van der Waals surface area contributed by atoms with Crippen molar-refractivity contribution in [1.29, 1.82) is 0 Å². The van der Waals surface area contributed by atoms with Gasteiger partial charge in [-0.15, -0.1) is 0 Å². The number of halogens is 1. The summed E-state index contributed by atoms with van der Waals surface area (Å²) in [6, 6.07) is 6.29. The fourth-order valence-electron chi connectivity index (χ4n) is 1.90. The lowest BCUT2D eigenvalue weighted by atomic mass is 10.1. The summed E-state index contributed by atoms with van der Waals surface area (Å²) in [5.74, 6) is -0.248. The average Bonchev–Trinajstić information content (AvgIpc) is 2.40.